The quantitative estimate of drug-likeness (QED) is 0.752. The van der Waals surface area contributed by atoms with Crippen LogP contribution in [0.5, 0.6) is 5.75 Å². The molecule has 0 aliphatic carbocycles. The molecule has 0 saturated carbocycles. The maximum Gasteiger partial charge on any atom is 0.321 e. The molecule has 1 fully saturated rings. The average Bonchev–Trinajstić information content (AvgIpc) is 3.03. The second kappa shape index (κ2) is 9.27. The lowest BCUT2D eigenvalue weighted by Crippen LogP contribution is -2.44. The molecule has 3 amide bonds. The number of hydrogen-bond donors (Lipinski definition) is 2. The molecule has 1 aromatic carbocycles. The van der Waals surface area contributed by atoms with E-state index in [4.69, 9.17) is 4.74 Å². The molecule has 0 aromatic heterocycles. The van der Waals surface area contributed by atoms with Crippen molar-refractivity contribution >= 4 is 11.9 Å². The zero-order chi connectivity index (χ0) is 17.4. The Bertz CT molecular complexity index is 562. The zero-order valence-electron chi connectivity index (χ0n) is 14.5. The molecular formula is C18H27N3O3. The van der Waals surface area contributed by atoms with Gasteiger partial charge in [0.2, 0.25) is 5.91 Å². The largest absolute Gasteiger partial charge is 0.497 e. The van der Waals surface area contributed by atoms with Gasteiger partial charge in [-0.15, -0.1) is 0 Å². The van der Waals surface area contributed by atoms with Gasteiger partial charge in [0, 0.05) is 12.6 Å². The van der Waals surface area contributed by atoms with Crippen molar-refractivity contribution in [3.8, 4) is 5.75 Å². The lowest BCUT2D eigenvalue weighted by Gasteiger charge is -2.24. The van der Waals surface area contributed by atoms with E-state index in [2.05, 4.69) is 28.5 Å². The molecule has 1 heterocycles. The lowest BCUT2D eigenvalue weighted by molar-refractivity contribution is -0.121. The SMILES string of the molecule is CCCCNC(=O)NC(=O)CN1CCCC1c1cccc(OC)c1. The molecule has 0 bridgehead atoms. The Kier molecular flexibility index (Phi) is 7.06. The van der Waals surface area contributed by atoms with E-state index in [0.29, 0.717) is 6.54 Å². The number of amides is 3. The van der Waals surface area contributed by atoms with Crippen LogP contribution in [0.15, 0.2) is 24.3 Å². The highest BCUT2D eigenvalue weighted by Gasteiger charge is 2.28. The topological polar surface area (TPSA) is 70.7 Å². The number of ether oxygens (including phenoxy) is 1. The van der Waals surface area contributed by atoms with Crippen LogP contribution in [-0.2, 0) is 4.79 Å². The van der Waals surface area contributed by atoms with Crippen LogP contribution in [0.3, 0.4) is 0 Å². The number of benzene rings is 1. The summed E-state index contributed by atoms with van der Waals surface area (Å²) >= 11 is 0. The van der Waals surface area contributed by atoms with Crippen LogP contribution in [0, 0.1) is 0 Å². The molecule has 2 rings (SSSR count). The number of urea groups is 1. The Labute approximate surface area is 143 Å². The van der Waals surface area contributed by atoms with Gasteiger partial charge in [-0.05, 0) is 43.5 Å². The van der Waals surface area contributed by atoms with Crippen LogP contribution in [0.4, 0.5) is 4.79 Å². The summed E-state index contributed by atoms with van der Waals surface area (Å²) in [6.45, 7) is 3.72. The molecule has 1 unspecified atom stereocenters. The number of rotatable bonds is 7. The normalized spacial score (nSPS) is 17.5. The van der Waals surface area contributed by atoms with Crippen molar-refractivity contribution in [3.05, 3.63) is 29.8 Å². The molecule has 6 heteroatoms. The molecule has 0 spiro atoms. The fourth-order valence-electron chi connectivity index (χ4n) is 3.02. The van der Waals surface area contributed by atoms with Crippen molar-refractivity contribution in [1.82, 2.24) is 15.5 Å². The summed E-state index contributed by atoms with van der Waals surface area (Å²) in [5.74, 6) is 0.554. The van der Waals surface area contributed by atoms with Crippen LogP contribution in [0.2, 0.25) is 0 Å². The van der Waals surface area contributed by atoms with E-state index in [9.17, 15) is 9.59 Å². The first kappa shape index (κ1) is 18.3. The van der Waals surface area contributed by atoms with E-state index in [-0.39, 0.29) is 18.5 Å². The van der Waals surface area contributed by atoms with Gasteiger partial charge in [-0.25, -0.2) is 4.79 Å². The van der Waals surface area contributed by atoms with Crippen molar-refractivity contribution in [2.45, 2.75) is 38.6 Å². The van der Waals surface area contributed by atoms with Gasteiger partial charge in [0.05, 0.1) is 13.7 Å². The zero-order valence-corrected chi connectivity index (χ0v) is 14.5. The Morgan fingerprint density at radius 3 is 2.96 bits per heavy atom. The van der Waals surface area contributed by atoms with Gasteiger partial charge in [0.25, 0.3) is 0 Å². The van der Waals surface area contributed by atoms with Crippen LogP contribution in [0.1, 0.15) is 44.2 Å². The van der Waals surface area contributed by atoms with Crippen LogP contribution in [0.25, 0.3) is 0 Å². The minimum Gasteiger partial charge on any atom is -0.497 e. The van der Waals surface area contributed by atoms with Gasteiger partial charge in [0.1, 0.15) is 5.75 Å². The van der Waals surface area contributed by atoms with E-state index in [1.807, 2.05) is 18.2 Å². The van der Waals surface area contributed by atoms with E-state index < -0.39 is 6.03 Å². The van der Waals surface area contributed by atoms with Crippen molar-refractivity contribution in [1.29, 1.82) is 0 Å². The summed E-state index contributed by atoms with van der Waals surface area (Å²) in [5.41, 5.74) is 1.15. The first-order valence-electron chi connectivity index (χ1n) is 8.59. The number of unbranched alkanes of at least 4 members (excludes halogenated alkanes) is 1. The molecule has 132 valence electrons. The van der Waals surface area contributed by atoms with Crippen molar-refractivity contribution in [3.63, 3.8) is 0 Å². The molecule has 1 aliphatic rings. The van der Waals surface area contributed by atoms with Gasteiger partial charge >= 0.3 is 6.03 Å². The van der Waals surface area contributed by atoms with Crippen LogP contribution in [-0.4, -0.2) is 43.6 Å². The summed E-state index contributed by atoms with van der Waals surface area (Å²) in [5, 5.41) is 5.10. The average molecular weight is 333 g/mol. The van der Waals surface area contributed by atoms with Gasteiger partial charge in [0.15, 0.2) is 0 Å². The van der Waals surface area contributed by atoms with Crippen molar-refractivity contribution in [2.24, 2.45) is 0 Å². The monoisotopic (exact) mass is 333 g/mol. The number of hydrogen-bond acceptors (Lipinski definition) is 4. The van der Waals surface area contributed by atoms with Gasteiger partial charge in [-0.2, -0.15) is 0 Å². The molecule has 1 aliphatic heterocycles. The van der Waals surface area contributed by atoms with Gasteiger partial charge < -0.3 is 10.1 Å². The molecule has 1 atom stereocenters. The third kappa shape index (κ3) is 5.23. The number of nitrogens with zero attached hydrogens (tertiary/aromatic N) is 1. The summed E-state index contributed by atoms with van der Waals surface area (Å²) < 4.78 is 5.28. The maximum absolute atomic E-state index is 12.1. The predicted octanol–water partition coefficient (Wildman–Crippen LogP) is 2.46. The highest BCUT2D eigenvalue weighted by atomic mass is 16.5. The molecule has 6 nitrogen and oxygen atoms in total. The summed E-state index contributed by atoms with van der Waals surface area (Å²) in [4.78, 5) is 25.9. The fourth-order valence-corrected chi connectivity index (χ4v) is 3.02. The predicted molar refractivity (Wildman–Crippen MR) is 93.0 cm³/mol. The first-order chi connectivity index (χ1) is 11.6. The van der Waals surface area contributed by atoms with Gasteiger partial charge in [-0.1, -0.05) is 25.5 Å². The molecule has 0 radical (unpaired) electrons. The number of carbonyl (C=O) groups excluding carboxylic acids is 2. The number of imide groups is 1. The fraction of sp³-hybridized carbons (Fsp3) is 0.556. The minimum atomic E-state index is -0.412. The number of carbonyl (C=O) groups is 2. The summed E-state index contributed by atoms with van der Waals surface area (Å²) in [6.07, 6.45) is 3.96. The third-order valence-corrected chi connectivity index (χ3v) is 4.26. The number of nitrogens with one attached hydrogen (secondary N) is 2. The minimum absolute atomic E-state index is 0.189. The molecule has 1 aromatic rings. The lowest BCUT2D eigenvalue weighted by atomic mass is 10.0. The van der Waals surface area contributed by atoms with Crippen LogP contribution < -0.4 is 15.4 Å². The highest BCUT2D eigenvalue weighted by Crippen LogP contribution is 2.32. The first-order valence-corrected chi connectivity index (χ1v) is 8.59. The smallest absolute Gasteiger partial charge is 0.321 e. The summed E-state index contributed by atoms with van der Waals surface area (Å²) in [7, 11) is 1.65. The standard InChI is InChI=1S/C18H27N3O3/c1-3-4-10-19-18(23)20-17(22)13-21-11-6-9-16(21)14-7-5-8-15(12-14)24-2/h5,7-8,12,16H,3-4,6,9-11,13H2,1-2H3,(H2,19,20,22,23). The van der Waals surface area contributed by atoms with Gasteiger partial charge in [-0.3, -0.25) is 15.0 Å². The Morgan fingerprint density at radius 1 is 1.38 bits per heavy atom. The van der Waals surface area contributed by atoms with E-state index in [1.165, 1.54) is 0 Å². The number of likely N-dealkylation sites (tertiary alicyclic amines) is 1. The van der Waals surface area contributed by atoms with Crippen molar-refractivity contribution in [2.75, 3.05) is 26.7 Å². The number of methoxy groups -OCH3 is 1. The van der Waals surface area contributed by atoms with E-state index in [0.717, 1.165) is 43.5 Å². The van der Waals surface area contributed by atoms with Crippen LogP contribution >= 0.6 is 0 Å². The highest BCUT2D eigenvalue weighted by molar-refractivity contribution is 5.95. The second-order valence-electron chi connectivity index (χ2n) is 6.06. The Hall–Kier alpha value is -2.08. The second-order valence-corrected chi connectivity index (χ2v) is 6.06. The molecule has 1 saturated heterocycles. The molecular weight excluding hydrogens is 306 g/mol. The third-order valence-electron chi connectivity index (χ3n) is 4.26. The Balaban J connectivity index is 1.88. The van der Waals surface area contributed by atoms with E-state index >= 15 is 0 Å². The maximum atomic E-state index is 12.1. The molecule has 24 heavy (non-hydrogen) atoms. The Morgan fingerprint density at radius 2 is 2.21 bits per heavy atom. The summed E-state index contributed by atoms with van der Waals surface area (Å²) in [6, 6.07) is 7.72. The van der Waals surface area contributed by atoms with E-state index in [1.54, 1.807) is 7.11 Å². The molecule has 2 N–H and O–H groups in total. The van der Waals surface area contributed by atoms with Crippen molar-refractivity contribution < 1.29 is 14.3 Å².